The normalized spacial score (nSPS) is 16.9. The van der Waals surface area contributed by atoms with Crippen LogP contribution in [0.4, 0.5) is 0 Å². The highest BCUT2D eigenvalue weighted by Gasteiger charge is 2.07. The molecule has 1 heterocycles. The molecule has 1 aliphatic rings. The number of hydrogen-bond acceptors (Lipinski definition) is 1. The molecule has 0 aliphatic heterocycles. The van der Waals surface area contributed by atoms with Gasteiger partial charge in [0, 0.05) is 6.20 Å². The van der Waals surface area contributed by atoms with Gasteiger partial charge in [0.25, 0.3) is 0 Å². The van der Waals surface area contributed by atoms with Crippen molar-refractivity contribution >= 4 is 5.57 Å². The molecule has 0 unspecified atom stereocenters. The molecule has 0 fully saturated rings. The minimum atomic E-state index is 0.462. The lowest BCUT2D eigenvalue weighted by molar-refractivity contribution is 1.27. The van der Waals surface area contributed by atoms with Crippen LogP contribution < -0.4 is 0 Å². The van der Waals surface area contributed by atoms with Crippen molar-refractivity contribution in [3.63, 3.8) is 0 Å². The van der Waals surface area contributed by atoms with Crippen molar-refractivity contribution in [3.8, 4) is 0 Å². The second-order valence-corrected chi connectivity index (χ2v) is 2.88. The molecule has 2 rings (SSSR count). The Kier molecular flexibility index (Phi) is 1.51. The van der Waals surface area contributed by atoms with Gasteiger partial charge >= 0.3 is 0 Å². The molecular weight excluding hydrogens is 146 g/mol. The third-order valence-corrected chi connectivity index (χ3v) is 2.06. The molecule has 0 atom stereocenters. The molecule has 1 aromatic rings. The summed E-state index contributed by atoms with van der Waals surface area (Å²) in [5, 5.41) is 0. The summed E-state index contributed by atoms with van der Waals surface area (Å²) in [5.74, 6) is 0. The van der Waals surface area contributed by atoms with Gasteiger partial charge in [-0.25, -0.2) is 0 Å². The highest BCUT2D eigenvalue weighted by atomic mass is 14.7. The van der Waals surface area contributed by atoms with E-state index < -0.39 is 0 Å². The molecule has 0 N–H and O–H groups in total. The lowest BCUT2D eigenvalue weighted by atomic mass is 10.1. The number of nitrogens with zero attached hydrogens (tertiary/aromatic N) is 1. The Morgan fingerprint density at radius 3 is 3.00 bits per heavy atom. The second kappa shape index (κ2) is 2.94. The van der Waals surface area contributed by atoms with Crippen molar-refractivity contribution in [2.75, 3.05) is 0 Å². The molecule has 12 heavy (non-hydrogen) atoms. The molecule has 1 nitrogen and oxygen atoms in total. The van der Waals surface area contributed by atoms with Crippen LogP contribution in [0.3, 0.4) is 0 Å². The second-order valence-electron chi connectivity index (χ2n) is 2.88. The van der Waals surface area contributed by atoms with Gasteiger partial charge < -0.3 is 0 Å². The maximum absolute atomic E-state index is 7.32. The van der Waals surface area contributed by atoms with Crippen LogP contribution in [0, 0.1) is 0 Å². The molecule has 1 aliphatic carbocycles. The maximum Gasteiger partial charge on any atom is 0.0701 e. The molecule has 0 saturated carbocycles. The van der Waals surface area contributed by atoms with Crippen LogP contribution >= 0.6 is 0 Å². The van der Waals surface area contributed by atoms with Gasteiger partial charge in [-0.3, -0.25) is 4.98 Å². The molecular formula is C11H11N. The lowest BCUT2D eigenvalue weighted by Crippen LogP contribution is -1.86. The zero-order chi connectivity index (χ0) is 9.26. The largest absolute Gasteiger partial charge is 0.256 e. The quantitative estimate of drug-likeness (QED) is 0.614. The van der Waals surface area contributed by atoms with Gasteiger partial charge in [-0.2, -0.15) is 0 Å². The van der Waals surface area contributed by atoms with E-state index in [4.69, 9.17) is 1.37 Å². The zero-order valence-corrected chi connectivity index (χ0v) is 7.04. The van der Waals surface area contributed by atoms with Gasteiger partial charge in [0.15, 0.2) is 0 Å². The SMILES string of the molecule is [3H]c1ccc(C2=CCC=C2C)nc1. The van der Waals surface area contributed by atoms with Gasteiger partial charge in [-0.15, -0.1) is 0 Å². The summed E-state index contributed by atoms with van der Waals surface area (Å²) in [6.07, 6.45) is 6.94. The van der Waals surface area contributed by atoms with Crippen molar-refractivity contribution in [1.29, 1.82) is 0 Å². The van der Waals surface area contributed by atoms with Crippen LogP contribution in [0.2, 0.25) is 0 Å². The minimum absolute atomic E-state index is 0.462. The first-order valence-electron chi connectivity index (χ1n) is 4.58. The predicted molar refractivity (Wildman–Crippen MR) is 50.6 cm³/mol. The van der Waals surface area contributed by atoms with Gasteiger partial charge in [-0.05, 0) is 36.6 Å². The van der Waals surface area contributed by atoms with Gasteiger partial charge in [0.2, 0.25) is 0 Å². The van der Waals surface area contributed by atoms with Gasteiger partial charge in [0.1, 0.15) is 0 Å². The van der Waals surface area contributed by atoms with E-state index in [1.54, 1.807) is 12.3 Å². The van der Waals surface area contributed by atoms with E-state index in [1.807, 2.05) is 6.07 Å². The monoisotopic (exact) mass is 159 g/mol. The first kappa shape index (κ1) is 6.18. The minimum Gasteiger partial charge on any atom is -0.256 e. The first-order chi connectivity index (χ1) is 6.27. The van der Waals surface area contributed by atoms with Crippen LogP contribution in [-0.4, -0.2) is 4.98 Å². The van der Waals surface area contributed by atoms with Gasteiger partial charge in [-0.1, -0.05) is 18.2 Å². The summed E-state index contributed by atoms with van der Waals surface area (Å²) in [4.78, 5) is 4.21. The molecule has 0 aromatic carbocycles. The Balaban J connectivity index is 2.37. The summed E-state index contributed by atoms with van der Waals surface area (Å²) in [6.45, 7) is 2.09. The number of aromatic nitrogens is 1. The molecule has 0 spiro atoms. The molecule has 0 saturated heterocycles. The smallest absolute Gasteiger partial charge is 0.0701 e. The lowest BCUT2D eigenvalue weighted by Gasteiger charge is -2.01. The van der Waals surface area contributed by atoms with Crippen LogP contribution in [0.1, 0.15) is 20.4 Å². The van der Waals surface area contributed by atoms with Crippen molar-refractivity contribution in [2.24, 2.45) is 0 Å². The Bertz CT molecular complexity index is 374. The summed E-state index contributed by atoms with van der Waals surface area (Å²) >= 11 is 0. The number of allylic oxidation sites excluding steroid dienone is 4. The topological polar surface area (TPSA) is 12.9 Å². The number of pyridine rings is 1. The summed E-state index contributed by atoms with van der Waals surface area (Å²) < 4.78 is 7.32. The fourth-order valence-corrected chi connectivity index (χ4v) is 1.41. The summed E-state index contributed by atoms with van der Waals surface area (Å²) in [6, 6.07) is 4.13. The van der Waals surface area contributed by atoms with E-state index in [0.29, 0.717) is 6.04 Å². The highest BCUT2D eigenvalue weighted by Crippen LogP contribution is 2.26. The predicted octanol–water partition coefficient (Wildman–Crippen LogP) is 2.82. The van der Waals surface area contributed by atoms with Crippen LogP contribution in [-0.2, 0) is 0 Å². The van der Waals surface area contributed by atoms with Crippen molar-refractivity contribution in [2.45, 2.75) is 13.3 Å². The van der Waals surface area contributed by atoms with E-state index in [9.17, 15) is 0 Å². The highest BCUT2D eigenvalue weighted by molar-refractivity contribution is 5.78. The van der Waals surface area contributed by atoms with E-state index in [-0.39, 0.29) is 0 Å². The molecule has 1 aromatic heterocycles. The summed E-state index contributed by atoms with van der Waals surface area (Å²) in [5.41, 5.74) is 3.47. The average molecular weight is 159 g/mol. The van der Waals surface area contributed by atoms with Crippen molar-refractivity contribution in [3.05, 3.63) is 47.8 Å². The molecule has 0 radical (unpaired) electrons. The maximum atomic E-state index is 7.32. The van der Waals surface area contributed by atoms with Crippen molar-refractivity contribution < 1.29 is 1.37 Å². The molecule has 0 amide bonds. The van der Waals surface area contributed by atoms with E-state index in [2.05, 4.69) is 24.1 Å². The Morgan fingerprint density at radius 2 is 2.42 bits per heavy atom. The average Bonchev–Trinajstić information content (AvgIpc) is 2.53. The first-order valence-corrected chi connectivity index (χ1v) is 4.08. The molecule has 1 heteroatoms. The number of rotatable bonds is 1. The van der Waals surface area contributed by atoms with Gasteiger partial charge in [0.05, 0.1) is 7.06 Å². The Labute approximate surface area is 73.9 Å². The van der Waals surface area contributed by atoms with Crippen LogP contribution in [0.15, 0.2) is 42.1 Å². The Morgan fingerprint density at radius 1 is 1.50 bits per heavy atom. The van der Waals surface area contributed by atoms with E-state index >= 15 is 0 Å². The summed E-state index contributed by atoms with van der Waals surface area (Å²) in [7, 11) is 0. The molecule has 60 valence electrons. The number of hydrogen-bond donors (Lipinski definition) is 0. The molecule has 0 bridgehead atoms. The Hall–Kier alpha value is -1.37. The fourth-order valence-electron chi connectivity index (χ4n) is 1.41. The third kappa shape index (κ3) is 1.18. The third-order valence-electron chi connectivity index (χ3n) is 2.06. The van der Waals surface area contributed by atoms with Crippen LogP contribution in [0.25, 0.3) is 5.57 Å². The van der Waals surface area contributed by atoms with E-state index in [0.717, 1.165) is 12.1 Å². The fraction of sp³-hybridized carbons (Fsp3) is 0.182. The van der Waals surface area contributed by atoms with Crippen molar-refractivity contribution in [1.82, 2.24) is 4.98 Å². The zero-order valence-electron chi connectivity index (χ0n) is 8.04. The van der Waals surface area contributed by atoms with E-state index in [1.165, 1.54) is 11.1 Å². The standard InChI is InChI=1S/C11H11N/c1-9-5-4-6-10(9)11-7-2-3-8-12-11/h2-3,5-8H,4H2,1H3/i3T. The van der Waals surface area contributed by atoms with Crippen LogP contribution in [0.5, 0.6) is 0 Å².